The van der Waals surface area contributed by atoms with E-state index >= 15 is 0 Å². The summed E-state index contributed by atoms with van der Waals surface area (Å²) in [5.41, 5.74) is 2.13. The quantitative estimate of drug-likeness (QED) is 0.350. The fourth-order valence-corrected chi connectivity index (χ4v) is 4.69. The average molecular weight is 478 g/mol. The average Bonchev–Trinajstić information content (AvgIpc) is 3.32. The van der Waals surface area contributed by atoms with Crippen molar-refractivity contribution in [1.29, 1.82) is 0 Å². The van der Waals surface area contributed by atoms with Gasteiger partial charge < -0.3 is 24.5 Å². The van der Waals surface area contributed by atoms with E-state index in [1.54, 1.807) is 27.9 Å². The van der Waals surface area contributed by atoms with E-state index < -0.39 is 11.9 Å². The number of aromatic amines is 1. The second-order valence-electron chi connectivity index (χ2n) is 6.46. The zero-order valence-electron chi connectivity index (χ0n) is 18.1. The van der Waals surface area contributed by atoms with Crippen LogP contribution in [0, 0.1) is 6.92 Å². The van der Waals surface area contributed by atoms with Crippen molar-refractivity contribution in [2.45, 2.75) is 25.9 Å². The number of amides is 1. The molecule has 3 rings (SSSR count). The first-order chi connectivity index (χ1) is 15.4. The number of imidazole rings is 1. The van der Waals surface area contributed by atoms with Gasteiger partial charge in [-0.05, 0) is 38.5 Å². The van der Waals surface area contributed by atoms with Gasteiger partial charge in [0.25, 0.3) is 0 Å². The molecule has 0 aliphatic heterocycles. The molecule has 3 aromatic rings. The Morgan fingerprint density at radius 1 is 1.16 bits per heavy atom. The second-order valence-corrected chi connectivity index (χ2v) is 8.45. The Hall–Kier alpha value is -3.05. The first-order valence-electron chi connectivity index (χ1n) is 9.81. The lowest BCUT2D eigenvalue weighted by Crippen LogP contribution is -2.16. The van der Waals surface area contributed by atoms with Gasteiger partial charge in [0.2, 0.25) is 5.91 Å². The van der Waals surface area contributed by atoms with Gasteiger partial charge in [-0.15, -0.1) is 11.3 Å². The van der Waals surface area contributed by atoms with Crippen molar-refractivity contribution in [1.82, 2.24) is 9.97 Å². The van der Waals surface area contributed by atoms with E-state index in [0.29, 0.717) is 16.5 Å². The molecule has 0 saturated heterocycles. The van der Waals surface area contributed by atoms with Crippen molar-refractivity contribution in [3.8, 4) is 5.75 Å². The van der Waals surface area contributed by atoms with Gasteiger partial charge in [0, 0.05) is 6.07 Å². The lowest BCUT2D eigenvalue weighted by Gasteiger charge is -2.06. The number of carbonyl (C=O) groups excluding carboxylic acids is 3. The standard InChI is InChI=1S/C21H23N3O6S2/c1-5-29-19(26)16-11(3)17(20(27)30-6-2)32-18(16)24-15(25)10-31-21-22-13-8-7-12(28-4)9-14(13)23-21/h7-9H,5-6,10H2,1-4H3,(H,22,23)(H,24,25). The summed E-state index contributed by atoms with van der Waals surface area (Å²) in [6.07, 6.45) is 0. The fourth-order valence-electron chi connectivity index (χ4n) is 2.90. The number of nitrogens with zero attached hydrogens (tertiary/aromatic N) is 1. The van der Waals surface area contributed by atoms with Crippen LogP contribution in [0.4, 0.5) is 5.00 Å². The first-order valence-corrected chi connectivity index (χ1v) is 11.6. The summed E-state index contributed by atoms with van der Waals surface area (Å²) in [5, 5.41) is 3.55. The number of H-pyrrole nitrogens is 1. The molecule has 2 N–H and O–H groups in total. The van der Waals surface area contributed by atoms with Crippen LogP contribution >= 0.6 is 23.1 Å². The first kappa shape index (κ1) is 23.6. The molecule has 0 aliphatic rings. The molecule has 1 aromatic carbocycles. The highest BCUT2D eigenvalue weighted by atomic mass is 32.2. The number of aromatic nitrogens is 2. The molecule has 0 atom stereocenters. The Morgan fingerprint density at radius 2 is 1.88 bits per heavy atom. The largest absolute Gasteiger partial charge is 0.497 e. The molecule has 11 heteroatoms. The molecule has 0 aliphatic carbocycles. The summed E-state index contributed by atoms with van der Waals surface area (Å²) < 4.78 is 15.4. The number of fused-ring (bicyclic) bond motifs is 1. The highest BCUT2D eigenvalue weighted by Gasteiger charge is 2.27. The summed E-state index contributed by atoms with van der Waals surface area (Å²) >= 11 is 2.21. The summed E-state index contributed by atoms with van der Waals surface area (Å²) in [4.78, 5) is 45.1. The van der Waals surface area contributed by atoms with Crippen molar-refractivity contribution in [2.24, 2.45) is 0 Å². The second kappa shape index (κ2) is 10.5. The number of benzene rings is 1. The van der Waals surface area contributed by atoms with Crippen molar-refractivity contribution in [3.05, 3.63) is 34.2 Å². The van der Waals surface area contributed by atoms with Crippen molar-refractivity contribution in [3.63, 3.8) is 0 Å². The summed E-state index contributed by atoms with van der Waals surface area (Å²) in [5.74, 6) is -0.757. The van der Waals surface area contributed by atoms with E-state index in [2.05, 4.69) is 15.3 Å². The monoisotopic (exact) mass is 477 g/mol. The Morgan fingerprint density at radius 3 is 2.56 bits per heavy atom. The number of nitrogens with one attached hydrogen (secondary N) is 2. The minimum absolute atomic E-state index is 0.0465. The van der Waals surface area contributed by atoms with Crippen LogP contribution < -0.4 is 10.1 Å². The Kier molecular flexibility index (Phi) is 7.75. The number of ether oxygens (including phenoxy) is 3. The zero-order chi connectivity index (χ0) is 23.3. The summed E-state index contributed by atoms with van der Waals surface area (Å²) in [7, 11) is 1.59. The number of carbonyl (C=O) groups is 3. The Labute approximate surface area is 192 Å². The van der Waals surface area contributed by atoms with Crippen molar-refractivity contribution < 1.29 is 28.6 Å². The van der Waals surface area contributed by atoms with E-state index in [9.17, 15) is 14.4 Å². The number of methoxy groups -OCH3 is 1. The predicted octanol–water partition coefficient (Wildman–Crippen LogP) is 4.03. The third-order valence-corrected chi connectivity index (χ3v) is 6.41. The van der Waals surface area contributed by atoms with Crippen LogP contribution in [-0.4, -0.2) is 53.9 Å². The number of thioether (sulfide) groups is 1. The maximum Gasteiger partial charge on any atom is 0.348 e. The van der Waals surface area contributed by atoms with Gasteiger partial charge in [-0.3, -0.25) is 4.79 Å². The van der Waals surface area contributed by atoms with Crippen molar-refractivity contribution in [2.75, 3.05) is 31.4 Å². The number of esters is 2. The van der Waals surface area contributed by atoms with Gasteiger partial charge in [0.15, 0.2) is 5.16 Å². The topological polar surface area (TPSA) is 120 Å². The van der Waals surface area contributed by atoms with Crippen LogP contribution in [0.5, 0.6) is 5.75 Å². The maximum atomic E-state index is 12.6. The predicted molar refractivity (Wildman–Crippen MR) is 123 cm³/mol. The molecule has 32 heavy (non-hydrogen) atoms. The summed E-state index contributed by atoms with van der Waals surface area (Å²) in [6, 6.07) is 5.46. The van der Waals surface area contributed by atoms with Gasteiger partial charge in [0.1, 0.15) is 15.6 Å². The molecule has 2 heterocycles. The third-order valence-electron chi connectivity index (χ3n) is 4.35. The molecule has 0 saturated carbocycles. The van der Waals surface area contributed by atoms with E-state index in [0.717, 1.165) is 22.4 Å². The molecule has 170 valence electrons. The number of hydrogen-bond acceptors (Lipinski definition) is 9. The smallest absolute Gasteiger partial charge is 0.348 e. The SMILES string of the molecule is CCOC(=O)c1sc(NC(=O)CSc2nc3ccc(OC)cc3[nH]2)c(C(=O)OCC)c1C. The molecule has 1 amide bonds. The van der Waals surface area contributed by atoms with Gasteiger partial charge >= 0.3 is 11.9 Å². The molecule has 0 bridgehead atoms. The molecule has 2 aromatic heterocycles. The van der Waals surface area contributed by atoms with Crippen LogP contribution in [0.25, 0.3) is 11.0 Å². The molecule has 0 fully saturated rings. The van der Waals surface area contributed by atoms with E-state index in [-0.39, 0.29) is 40.3 Å². The Bertz CT molecular complexity index is 1150. The van der Waals surface area contributed by atoms with Crippen molar-refractivity contribution >= 4 is 57.0 Å². The number of hydrogen-bond donors (Lipinski definition) is 2. The number of rotatable bonds is 9. The van der Waals surface area contributed by atoms with Gasteiger partial charge in [-0.25, -0.2) is 14.6 Å². The van der Waals surface area contributed by atoms with Crippen LogP contribution in [0.15, 0.2) is 23.4 Å². The fraction of sp³-hybridized carbons (Fsp3) is 0.333. The molecule has 0 spiro atoms. The van der Waals surface area contributed by atoms with Crippen LogP contribution in [0.2, 0.25) is 0 Å². The highest BCUT2D eigenvalue weighted by Crippen LogP contribution is 2.34. The highest BCUT2D eigenvalue weighted by molar-refractivity contribution is 7.99. The van der Waals surface area contributed by atoms with Crippen LogP contribution in [-0.2, 0) is 14.3 Å². The summed E-state index contributed by atoms with van der Waals surface area (Å²) in [6.45, 7) is 5.38. The van der Waals surface area contributed by atoms with Crippen LogP contribution in [0.1, 0.15) is 39.4 Å². The van der Waals surface area contributed by atoms with E-state index in [1.807, 2.05) is 18.2 Å². The lowest BCUT2D eigenvalue weighted by atomic mass is 10.1. The van der Waals surface area contributed by atoms with Gasteiger partial charge in [-0.2, -0.15) is 0 Å². The molecular formula is C21H23N3O6S2. The van der Waals surface area contributed by atoms with Gasteiger partial charge in [0.05, 0.1) is 42.7 Å². The van der Waals surface area contributed by atoms with E-state index in [4.69, 9.17) is 14.2 Å². The molecular weight excluding hydrogens is 454 g/mol. The minimum Gasteiger partial charge on any atom is -0.497 e. The number of anilines is 1. The minimum atomic E-state index is -0.606. The molecule has 0 unspecified atom stereocenters. The van der Waals surface area contributed by atoms with Crippen LogP contribution in [0.3, 0.4) is 0 Å². The third kappa shape index (κ3) is 5.22. The normalized spacial score (nSPS) is 10.8. The number of thiophene rings is 1. The zero-order valence-corrected chi connectivity index (χ0v) is 19.7. The molecule has 0 radical (unpaired) electrons. The van der Waals surface area contributed by atoms with Gasteiger partial charge in [-0.1, -0.05) is 11.8 Å². The van der Waals surface area contributed by atoms with E-state index in [1.165, 1.54) is 11.8 Å². The molecule has 9 nitrogen and oxygen atoms in total. The Balaban J connectivity index is 1.75. The lowest BCUT2D eigenvalue weighted by molar-refractivity contribution is -0.113. The maximum absolute atomic E-state index is 12.6.